The molecule has 2 N–H and O–H groups in total. The van der Waals surface area contributed by atoms with E-state index in [1.54, 1.807) is 0 Å². The van der Waals surface area contributed by atoms with E-state index in [2.05, 4.69) is 15.5 Å². The number of nitrogens with zero attached hydrogens (tertiary/aromatic N) is 1. The molecule has 1 saturated heterocycles. The van der Waals surface area contributed by atoms with Crippen molar-refractivity contribution in [2.75, 3.05) is 53.5 Å². The fourth-order valence-electron chi connectivity index (χ4n) is 2.03. The Balaban J connectivity index is 1.93. The van der Waals surface area contributed by atoms with Crippen LogP contribution in [-0.2, 0) is 9.53 Å². The number of rotatable bonds is 8. The number of carbonyl (C=O) groups is 1. The quantitative estimate of drug-likeness (QED) is 0.604. The molecule has 1 rings (SSSR count). The maximum atomic E-state index is 11.7. The molecule has 1 aliphatic rings. The van der Waals surface area contributed by atoms with E-state index in [0.717, 1.165) is 39.1 Å². The monoisotopic (exact) mass is 257 g/mol. The maximum absolute atomic E-state index is 11.7. The van der Waals surface area contributed by atoms with Crippen molar-refractivity contribution < 1.29 is 9.53 Å². The van der Waals surface area contributed by atoms with Crippen LogP contribution in [0, 0.1) is 5.92 Å². The minimum Gasteiger partial charge on any atom is -0.378 e. The van der Waals surface area contributed by atoms with Gasteiger partial charge >= 0.3 is 0 Å². The standard InChI is InChI=1S/C13H27N3O2/c1-16(2)8-10-18-9-7-15-13(17)11-12-3-5-14-6-4-12/h12,14H,3-11H2,1-2H3,(H,15,17). The molecule has 0 radical (unpaired) electrons. The molecule has 18 heavy (non-hydrogen) atoms. The van der Waals surface area contributed by atoms with Crippen LogP contribution in [0.25, 0.3) is 0 Å². The van der Waals surface area contributed by atoms with Gasteiger partial charge in [0.2, 0.25) is 5.91 Å². The predicted octanol–water partition coefficient (Wildman–Crippen LogP) is 0.0705. The molecule has 5 heteroatoms. The first-order chi connectivity index (χ1) is 8.68. The minimum atomic E-state index is 0.165. The molecular formula is C13H27N3O2. The van der Waals surface area contributed by atoms with Crippen LogP contribution in [0.3, 0.4) is 0 Å². The average molecular weight is 257 g/mol. The number of hydrogen-bond donors (Lipinski definition) is 2. The summed E-state index contributed by atoms with van der Waals surface area (Å²) in [5, 5.41) is 6.23. The first-order valence-corrected chi connectivity index (χ1v) is 6.88. The molecule has 0 spiro atoms. The number of carbonyl (C=O) groups excluding carboxylic acids is 1. The lowest BCUT2D eigenvalue weighted by Crippen LogP contribution is -2.33. The molecule has 0 bridgehead atoms. The first-order valence-electron chi connectivity index (χ1n) is 6.88. The summed E-state index contributed by atoms with van der Waals surface area (Å²) in [6.07, 6.45) is 2.90. The molecule has 5 nitrogen and oxygen atoms in total. The molecule has 1 fully saturated rings. The Morgan fingerprint density at radius 3 is 2.72 bits per heavy atom. The average Bonchev–Trinajstić information content (AvgIpc) is 2.34. The van der Waals surface area contributed by atoms with Crippen molar-refractivity contribution in [2.45, 2.75) is 19.3 Å². The Bertz CT molecular complexity index is 228. The van der Waals surface area contributed by atoms with Gasteiger partial charge in [-0.15, -0.1) is 0 Å². The zero-order chi connectivity index (χ0) is 13.2. The van der Waals surface area contributed by atoms with Crippen molar-refractivity contribution in [2.24, 2.45) is 5.92 Å². The number of nitrogens with one attached hydrogen (secondary N) is 2. The van der Waals surface area contributed by atoms with Gasteiger partial charge in [0.25, 0.3) is 0 Å². The molecule has 1 aliphatic heterocycles. The smallest absolute Gasteiger partial charge is 0.220 e. The number of ether oxygens (including phenoxy) is 1. The van der Waals surface area contributed by atoms with E-state index >= 15 is 0 Å². The third kappa shape index (κ3) is 7.63. The molecule has 0 aliphatic carbocycles. The van der Waals surface area contributed by atoms with Gasteiger partial charge in [0.15, 0.2) is 0 Å². The van der Waals surface area contributed by atoms with Crippen LogP contribution >= 0.6 is 0 Å². The van der Waals surface area contributed by atoms with E-state index in [0.29, 0.717) is 25.5 Å². The van der Waals surface area contributed by atoms with Crippen LogP contribution in [0.2, 0.25) is 0 Å². The fraction of sp³-hybridized carbons (Fsp3) is 0.923. The third-order valence-electron chi connectivity index (χ3n) is 3.18. The highest BCUT2D eigenvalue weighted by atomic mass is 16.5. The third-order valence-corrected chi connectivity index (χ3v) is 3.18. The summed E-state index contributed by atoms with van der Waals surface area (Å²) in [5.74, 6) is 0.721. The van der Waals surface area contributed by atoms with Gasteiger partial charge in [-0.2, -0.15) is 0 Å². The molecule has 1 amide bonds. The zero-order valence-corrected chi connectivity index (χ0v) is 11.7. The normalized spacial score (nSPS) is 17.1. The predicted molar refractivity (Wildman–Crippen MR) is 72.6 cm³/mol. The lowest BCUT2D eigenvalue weighted by Gasteiger charge is -2.21. The van der Waals surface area contributed by atoms with Crippen molar-refractivity contribution in [1.82, 2.24) is 15.5 Å². The van der Waals surface area contributed by atoms with E-state index in [4.69, 9.17) is 4.74 Å². The Morgan fingerprint density at radius 1 is 1.33 bits per heavy atom. The highest BCUT2D eigenvalue weighted by Crippen LogP contribution is 2.15. The van der Waals surface area contributed by atoms with Gasteiger partial charge in [-0.3, -0.25) is 4.79 Å². The van der Waals surface area contributed by atoms with Gasteiger partial charge < -0.3 is 20.3 Å². The van der Waals surface area contributed by atoms with Gasteiger partial charge in [-0.25, -0.2) is 0 Å². The molecule has 0 aromatic carbocycles. The summed E-state index contributed by atoms with van der Waals surface area (Å²) in [6, 6.07) is 0. The Kier molecular flexibility index (Phi) is 7.96. The second-order valence-corrected chi connectivity index (χ2v) is 5.16. The van der Waals surface area contributed by atoms with Gasteiger partial charge in [0.1, 0.15) is 0 Å². The van der Waals surface area contributed by atoms with E-state index in [9.17, 15) is 4.79 Å². The molecular weight excluding hydrogens is 230 g/mol. The first kappa shape index (κ1) is 15.4. The van der Waals surface area contributed by atoms with Crippen LogP contribution in [0.1, 0.15) is 19.3 Å². The summed E-state index contributed by atoms with van der Waals surface area (Å²) in [4.78, 5) is 13.7. The molecule has 0 saturated carbocycles. The Labute approximate surface area is 110 Å². The molecule has 0 unspecified atom stereocenters. The van der Waals surface area contributed by atoms with Gasteiger partial charge in [0.05, 0.1) is 13.2 Å². The molecule has 0 aromatic heterocycles. The summed E-state index contributed by atoms with van der Waals surface area (Å²) in [6.45, 7) is 4.96. The number of likely N-dealkylation sites (N-methyl/N-ethyl adjacent to an activating group) is 1. The second kappa shape index (κ2) is 9.30. The summed E-state index contributed by atoms with van der Waals surface area (Å²) in [5.41, 5.74) is 0. The van der Waals surface area contributed by atoms with Crippen LogP contribution in [0.5, 0.6) is 0 Å². The van der Waals surface area contributed by atoms with Crippen molar-refractivity contribution >= 4 is 5.91 Å². The summed E-state index contributed by atoms with van der Waals surface area (Å²) < 4.78 is 5.42. The molecule has 0 atom stereocenters. The summed E-state index contributed by atoms with van der Waals surface area (Å²) >= 11 is 0. The van der Waals surface area contributed by atoms with E-state index < -0.39 is 0 Å². The van der Waals surface area contributed by atoms with Crippen molar-refractivity contribution in [3.05, 3.63) is 0 Å². The Morgan fingerprint density at radius 2 is 2.06 bits per heavy atom. The molecule has 0 aromatic rings. The highest BCUT2D eigenvalue weighted by molar-refractivity contribution is 5.76. The van der Waals surface area contributed by atoms with Gasteiger partial charge in [0, 0.05) is 19.5 Å². The van der Waals surface area contributed by atoms with Gasteiger partial charge in [-0.1, -0.05) is 0 Å². The van der Waals surface area contributed by atoms with Crippen LogP contribution in [-0.4, -0.2) is 64.3 Å². The van der Waals surface area contributed by atoms with Gasteiger partial charge in [-0.05, 0) is 45.9 Å². The Hall–Kier alpha value is -0.650. The van der Waals surface area contributed by atoms with E-state index in [-0.39, 0.29) is 5.91 Å². The lowest BCUT2D eigenvalue weighted by molar-refractivity contribution is -0.122. The highest BCUT2D eigenvalue weighted by Gasteiger charge is 2.16. The SMILES string of the molecule is CN(C)CCOCCNC(=O)CC1CCNCC1. The second-order valence-electron chi connectivity index (χ2n) is 5.16. The number of piperidine rings is 1. The van der Waals surface area contributed by atoms with E-state index in [1.807, 2.05) is 14.1 Å². The number of amides is 1. The maximum Gasteiger partial charge on any atom is 0.220 e. The van der Waals surface area contributed by atoms with Crippen LogP contribution in [0.15, 0.2) is 0 Å². The molecule has 1 heterocycles. The van der Waals surface area contributed by atoms with Crippen molar-refractivity contribution in [3.63, 3.8) is 0 Å². The minimum absolute atomic E-state index is 0.165. The molecule has 106 valence electrons. The lowest BCUT2D eigenvalue weighted by atomic mass is 9.94. The summed E-state index contributed by atoms with van der Waals surface area (Å²) in [7, 11) is 4.04. The van der Waals surface area contributed by atoms with E-state index in [1.165, 1.54) is 0 Å². The van der Waals surface area contributed by atoms with Crippen molar-refractivity contribution in [1.29, 1.82) is 0 Å². The van der Waals surface area contributed by atoms with Crippen molar-refractivity contribution in [3.8, 4) is 0 Å². The van der Waals surface area contributed by atoms with Crippen LogP contribution < -0.4 is 10.6 Å². The fourth-order valence-corrected chi connectivity index (χ4v) is 2.03. The zero-order valence-electron chi connectivity index (χ0n) is 11.7. The topological polar surface area (TPSA) is 53.6 Å². The largest absolute Gasteiger partial charge is 0.378 e. The number of hydrogen-bond acceptors (Lipinski definition) is 4. The van der Waals surface area contributed by atoms with Crippen LogP contribution in [0.4, 0.5) is 0 Å².